The van der Waals surface area contributed by atoms with Gasteiger partial charge in [-0.2, -0.15) is 0 Å². The second-order valence-electron chi connectivity index (χ2n) is 4.53. The summed E-state index contributed by atoms with van der Waals surface area (Å²) in [6, 6.07) is 7.93. The fraction of sp³-hybridized carbons (Fsp3) is 0.231. The molecule has 0 spiro atoms. The first-order valence-corrected chi connectivity index (χ1v) is 6.00. The van der Waals surface area contributed by atoms with Crippen molar-refractivity contribution in [3.05, 3.63) is 51.8 Å². The molecule has 20 heavy (non-hydrogen) atoms. The Labute approximate surface area is 116 Å². The first-order chi connectivity index (χ1) is 9.49. The molecule has 2 aromatic rings. The molecule has 1 aromatic heterocycles. The van der Waals surface area contributed by atoms with Gasteiger partial charge in [-0.1, -0.05) is 29.8 Å². The molecule has 104 valence electrons. The summed E-state index contributed by atoms with van der Waals surface area (Å²) in [6.07, 6.45) is 1.23. The molecular weight excluding hydrogens is 258 g/mol. The quantitative estimate of drug-likeness (QED) is 0.675. The van der Waals surface area contributed by atoms with Crippen LogP contribution in [0, 0.1) is 17.0 Å². The Hall–Kier alpha value is -2.70. The number of benzene rings is 1. The maximum atomic E-state index is 11.1. The maximum Gasteiger partial charge on any atom is 0.353 e. The molecule has 1 aromatic carbocycles. The van der Waals surface area contributed by atoms with Crippen molar-refractivity contribution in [3.8, 4) is 0 Å². The Balaban J connectivity index is 2.29. The van der Waals surface area contributed by atoms with Gasteiger partial charge in [-0.05, 0) is 12.5 Å². The molecule has 0 amide bonds. The number of rotatable bonds is 4. The first kappa shape index (κ1) is 13.7. The maximum absolute atomic E-state index is 11.1. The number of nitro groups is 1. The molecule has 0 saturated heterocycles. The van der Waals surface area contributed by atoms with Crippen LogP contribution in [0.25, 0.3) is 0 Å². The van der Waals surface area contributed by atoms with E-state index in [1.165, 1.54) is 6.33 Å². The van der Waals surface area contributed by atoms with Crippen LogP contribution in [0.4, 0.5) is 17.3 Å². The molecule has 0 aliphatic rings. The molecule has 7 nitrogen and oxygen atoms in total. The summed E-state index contributed by atoms with van der Waals surface area (Å²) in [5.41, 5.74) is 7.48. The number of nitrogens with two attached hydrogens (primary N) is 1. The Morgan fingerprint density at radius 2 is 1.95 bits per heavy atom. The van der Waals surface area contributed by atoms with Crippen molar-refractivity contribution in [2.45, 2.75) is 13.5 Å². The van der Waals surface area contributed by atoms with Crippen LogP contribution < -0.4 is 10.6 Å². The number of nitrogen functional groups attached to an aromatic ring is 1. The van der Waals surface area contributed by atoms with Gasteiger partial charge in [0.1, 0.15) is 6.33 Å². The summed E-state index contributed by atoms with van der Waals surface area (Å²) in [5, 5.41) is 11.1. The van der Waals surface area contributed by atoms with E-state index in [1.54, 1.807) is 11.9 Å². The predicted octanol–water partition coefficient (Wildman–Crippen LogP) is 1.91. The van der Waals surface area contributed by atoms with Gasteiger partial charge in [0.2, 0.25) is 11.6 Å². The highest BCUT2D eigenvalue weighted by molar-refractivity contribution is 5.68. The molecule has 0 radical (unpaired) electrons. The van der Waals surface area contributed by atoms with Gasteiger partial charge in [0, 0.05) is 13.6 Å². The number of aryl methyl sites for hydroxylation is 1. The van der Waals surface area contributed by atoms with Gasteiger partial charge in [0.15, 0.2) is 0 Å². The summed E-state index contributed by atoms with van der Waals surface area (Å²) >= 11 is 0. The third-order valence-corrected chi connectivity index (χ3v) is 2.92. The lowest BCUT2D eigenvalue weighted by atomic mass is 10.1. The fourth-order valence-corrected chi connectivity index (χ4v) is 1.88. The van der Waals surface area contributed by atoms with Gasteiger partial charge in [-0.15, -0.1) is 0 Å². The average molecular weight is 273 g/mol. The zero-order valence-corrected chi connectivity index (χ0v) is 11.3. The highest BCUT2D eigenvalue weighted by Gasteiger charge is 2.23. The van der Waals surface area contributed by atoms with Gasteiger partial charge in [-0.25, -0.2) is 9.97 Å². The average Bonchev–Trinajstić information content (AvgIpc) is 2.40. The highest BCUT2D eigenvalue weighted by Crippen LogP contribution is 2.29. The van der Waals surface area contributed by atoms with Gasteiger partial charge in [-0.3, -0.25) is 10.1 Å². The van der Waals surface area contributed by atoms with Crippen molar-refractivity contribution in [1.29, 1.82) is 0 Å². The minimum atomic E-state index is -0.559. The van der Waals surface area contributed by atoms with Crippen LogP contribution in [0.1, 0.15) is 11.1 Å². The minimum absolute atomic E-state index is 0.129. The Kier molecular flexibility index (Phi) is 3.79. The molecule has 0 aliphatic heterocycles. The topological polar surface area (TPSA) is 98.2 Å². The monoisotopic (exact) mass is 273 g/mol. The molecule has 0 saturated carbocycles. The van der Waals surface area contributed by atoms with E-state index in [2.05, 4.69) is 9.97 Å². The van der Waals surface area contributed by atoms with Crippen LogP contribution in [0.15, 0.2) is 30.6 Å². The molecule has 0 aliphatic carbocycles. The summed E-state index contributed by atoms with van der Waals surface area (Å²) in [6.45, 7) is 2.50. The van der Waals surface area contributed by atoms with E-state index in [1.807, 2.05) is 31.2 Å². The zero-order chi connectivity index (χ0) is 14.7. The second kappa shape index (κ2) is 5.52. The van der Waals surface area contributed by atoms with E-state index >= 15 is 0 Å². The van der Waals surface area contributed by atoms with Crippen LogP contribution in [-0.4, -0.2) is 21.9 Å². The van der Waals surface area contributed by atoms with E-state index in [0.29, 0.717) is 6.54 Å². The number of hydrogen-bond acceptors (Lipinski definition) is 6. The van der Waals surface area contributed by atoms with Gasteiger partial charge in [0.05, 0.1) is 4.92 Å². The standard InChI is InChI=1S/C13H15N5O2/c1-9-3-5-10(6-4-9)7-17(2)13-11(18(19)20)12(14)15-8-16-13/h3-6,8H,7H2,1-2H3,(H2,14,15,16). The van der Waals surface area contributed by atoms with E-state index in [-0.39, 0.29) is 17.3 Å². The Bertz CT molecular complexity index is 627. The van der Waals surface area contributed by atoms with Crippen LogP contribution in [0.3, 0.4) is 0 Å². The van der Waals surface area contributed by atoms with Crippen molar-refractivity contribution in [2.75, 3.05) is 17.7 Å². The lowest BCUT2D eigenvalue weighted by molar-refractivity contribution is -0.383. The zero-order valence-electron chi connectivity index (χ0n) is 11.3. The summed E-state index contributed by atoms with van der Waals surface area (Å²) in [5.74, 6) is 0.0823. The summed E-state index contributed by atoms with van der Waals surface area (Å²) < 4.78 is 0. The van der Waals surface area contributed by atoms with Crippen molar-refractivity contribution in [2.24, 2.45) is 0 Å². The van der Waals surface area contributed by atoms with Crippen molar-refractivity contribution in [1.82, 2.24) is 9.97 Å². The van der Waals surface area contributed by atoms with Gasteiger partial charge in [0.25, 0.3) is 0 Å². The SMILES string of the molecule is Cc1ccc(CN(C)c2ncnc(N)c2[N+](=O)[O-])cc1. The summed E-state index contributed by atoms with van der Waals surface area (Å²) in [7, 11) is 1.73. The third kappa shape index (κ3) is 2.82. The van der Waals surface area contributed by atoms with E-state index < -0.39 is 4.92 Å². The van der Waals surface area contributed by atoms with Crippen molar-refractivity contribution >= 4 is 17.3 Å². The van der Waals surface area contributed by atoms with Crippen molar-refractivity contribution < 1.29 is 4.92 Å². The van der Waals surface area contributed by atoms with E-state index in [9.17, 15) is 10.1 Å². The second-order valence-corrected chi connectivity index (χ2v) is 4.53. The lowest BCUT2D eigenvalue weighted by Gasteiger charge is -2.18. The largest absolute Gasteiger partial charge is 0.378 e. The highest BCUT2D eigenvalue weighted by atomic mass is 16.6. The lowest BCUT2D eigenvalue weighted by Crippen LogP contribution is -2.20. The molecule has 0 bridgehead atoms. The molecule has 0 fully saturated rings. The minimum Gasteiger partial charge on any atom is -0.378 e. The number of hydrogen-bond donors (Lipinski definition) is 1. The Morgan fingerprint density at radius 1 is 1.30 bits per heavy atom. The fourth-order valence-electron chi connectivity index (χ4n) is 1.88. The van der Waals surface area contributed by atoms with E-state index in [4.69, 9.17) is 5.73 Å². The van der Waals surface area contributed by atoms with Crippen molar-refractivity contribution in [3.63, 3.8) is 0 Å². The smallest absolute Gasteiger partial charge is 0.353 e. The molecule has 2 rings (SSSR count). The molecular formula is C13H15N5O2. The van der Waals surface area contributed by atoms with E-state index in [0.717, 1.165) is 11.1 Å². The number of aromatic nitrogens is 2. The van der Waals surface area contributed by atoms with Crippen LogP contribution in [0.5, 0.6) is 0 Å². The van der Waals surface area contributed by atoms with Crippen LogP contribution in [-0.2, 0) is 6.54 Å². The van der Waals surface area contributed by atoms with Gasteiger partial charge < -0.3 is 10.6 Å². The molecule has 7 heteroatoms. The Morgan fingerprint density at radius 3 is 2.55 bits per heavy atom. The third-order valence-electron chi connectivity index (χ3n) is 2.92. The number of nitrogens with zero attached hydrogens (tertiary/aromatic N) is 4. The van der Waals surface area contributed by atoms with Gasteiger partial charge >= 0.3 is 5.69 Å². The summed E-state index contributed by atoms with van der Waals surface area (Å²) in [4.78, 5) is 19.8. The molecule has 2 N–H and O–H groups in total. The van der Waals surface area contributed by atoms with Crippen LogP contribution in [0.2, 0.25) is 0 Å². The molecule has 1 heterocycles. The predicted molar refractivity (Wildman–Crippen MR) is 76.4 cm³/mol. The van der Waals surface area contributed by atoms with Crippen LogP contribution >= 0.6 is 0 Å². The first-order valence-electron chi connectivity index (χ1n) is 6.00. The molecule has 0 unspecified atom stereocenters. The number of anilines is 2. The normalized spacial score (nSPS) is 10.3. The molecule has 0 atom stereocenters.